The van der Waals surface area contributed by atoms with Gasteiger partial charge in [-0.05, 0) is 50.2 Å². The summed E-state index contributed by atoms with van der Waals surface area (Å²) in [6.07, 6.45) is 1.10. The van der Waals surface area contributed by atoms with Crippen molar-refractivity contribution in [2.45, 2.75) is 26.0 Å². The Bertz CT molecular complexity index is 1050. The highest BCUT2D eigenvalue weighted by atomic mass is 16.5. The maximum atomic E-state index is 13.1. The first-order valence-corrected chi connectivity index (χ1v) is 10.2. The number of hydrogen-bond donors (Lipinski definition) is 0. The molecule has 3 aromatic rings. The second kappa shape index (κ2) is 8.53. The summed E-state index contributed by atoms with van der Waals surface area (Å²) in [7, 11) is 0. The number of hydrogen-bond acceptors (Lipinski definition) is 4. The Morgan fingerprint density at radius 2 is 1.83 bits per heavy atom. The van der Waals surface area contributed by atoms with E-state index in [9.17, 15) is 9.59 Å². The third kappa shape index (κ3) is 3.99. The van der Waals surface area contributed by atoms with E-state index in [1.807, 2.05) is 77.4 Å². The lowest BCUT2D eigenvalue weighted by Gasteiger charge is -2.40. The molecule has 6 nitrogen and oxygen atoms in total. The number of benzene rings is 2. The fourth-order valence-corrected chi connectivity index (χ4v) is 3.89. The van der Waals surface area contributed by atoms with E-state index in [4.69, 9.17) is 4.74 Å². The van der Waals surface area contributed by atoms with E-state index in [-0.39, 0.29) is 17.9 Å². The first kappa shape index (κ1) is 19.9. The van der Waals surface area contributed by atoms with Gasteiger partial charge in [-0.3, -0.25) is 14.6 Å². The number of aromatic nitrogens is 1. The summed E-state index contributed by atoms with van der Waals surface area (Å²) in [5, 5.41) is 0.881. The number of ether oxygens (including phenoxy) is 1. The first-order valence-electron chi connectivity index (χ1n) is 10.2. The lowest BCUT2D eigenvalue weighted by Crippen LogP contribution is -2.57. The van der Waals surface area contributed by atoms with Crippen LogP contribution in [0.2, 0.25) is 0 Å². The number of carbonyl (C=O) groups excluding carboxylic acids is 2. The van der Waals surface area contributed by atoms with Gasteiger partial charge in [-0.15, -0.1) is 0 Å². The van der Waals surface area contributed by atoms with Gasteiger partial charge in [-0.1, -0.05) is 24.3 Å². The quantitative estimate of drug-likeness (QED) is 0.670. The molecule has 1 aliphatic rings. The molecule has 2 aromatic carbocycles. The molecule has 0 bridgehead atoms. The number of amides is 2. The van der Waals surface area contributed by atoms with Crippen LogP contribution in [0.4, 0.5) is 0 Å². The van der Waals surface area contributed by atoms with Crippen LogP contribution in [0, 0.1) is 0 Å². The molecule has 4 rings (SSSR count). The average molecular weight is 403 g/mol. The van der Waals surface area contributed by atoms with Crippen LogP contribution in [-0.4, -0.2) is 58.4 Å². The Morgan fingerprint density at radius 1 is 1.03 bits per heavy atom. The summed E-state index contributed by atoms with van der Waals surface area (Å²) in [6, 6.07) is 18.6. The standard InChI is InChI=1S/C24H25N3O3/c1-17-16-26(24(29)19-8-4-3-5-9-19)14-15-27(17)23(28)18(2)30-22-12-6-11-21-20(22)10-7-13-25-21/h3-13,17-18H,14-16H2,1-2H3/t17-,18-/m1/s1. The summed E-state index contributed by atoms with van der Waals surface area (Å²) in [5.74, 6) is 0.573. The number of rotatable bonds is 4. The van der Waals surface area contributed by atoms with Gasteiger partial charge in [0.25, 0.3) is 11.8 Å². The minimum Gasteiger partial charge on any atom is -0.480 e. The van der Waals surface area contributed by atoms with Crippen LogP contribution < -0.4 is 4.74 Å². The van der Waals surface area contributed by atoms with Crippen molar-refractivity contribution in [2.75, 3.05) is 19.6 Å². The summed E-state index contributed by atoms with van der Waals surface area (Å²) in [4.78, 5) is 33.7. The Hall–Kier alpha value is -3.41. The predicted molar refractivity (Wildman–Crippen MR) is 115 cm³/mol. The topological polar surface area (TPSA) is 62.7 Å². The Labute approximate surface area is 176 Å². The van der Waals surface area contributed by atoms with Gasteiger partial charge in [0.2, 0.25) is 0 Å². The second-order valence-electron chi connectivity index (χ2n) is 7.58. The summed E-state index contributed by atoms with van der Waals surface area (Å²) in [6.45, 7) is 5.24. The highest BCUT2D eigenvalue weighted by molar-refractivity contribution is 5.94. The van der Waals surface area contributed by atoms with Gasteiger partial charge in [-0.2, -0.15) is 0 Å². The van der Waals surface area contributed by atoms with Crippen molar-refractivity contribution in [2.24, 2.45) is 0 Å². The van der Waals surface area contributed by atoms with Gasteiger partial charge in [0.1, 0.15) is 5.75 Å². The zero-order chi connectivity index (χ0) is 21.1. The van der Waals surface area contributed by atoms with Crippen molar-refractivity contribution >= 4 is 22.7 Å². The largest absolute Gasteiger partial charge is 0.480 e. The summed E-state index contributed by atoms with van der Waals surface area (Å²) in [5.41, 5.74) is 1.50. The monoisotopic (exact) mass is 403 g/mol. The molecule has 0 unspecified atom stereocenters. The molecule has 0 aliphatic carbocycles. The van der Waals surface area contributed by atoms with E-state index in [0.717, 1.165) is 10.9 Å². The maximum Gasteiger partial charge on any atom is 0.263 e. The predicted octanol–water partition coefficient (Wildman–Crippen LogP) is 3.38. The van der Waals surface area contributed by atoms with Crippen LogP contribution in [-0.2, 0) is 4.79 Å². The van der Waals surface area contributed by atoms with E-state index in [1.54, 1.807) is 13.1 Å². The molecule has 2 atom stereocenters. The molecule has 1 saturated heterocycles. The lowest BCUT2D eigenvalue weighted by atomic mass is 10.1. The minimum absolute atomic E-state index is 0.00195. The smallest absolute Gasteiger partial charge is 0.263 e. The molecular weight excluding hydrogens is 378 g/mol. The molecule has 0 N–H and O–H groups in total. The van der Waals surface area contributed by atoms with Crippen LogP contribution in [0.15, 0.2) is 66.9 Å². The zero-order valence-corrected chi connectivity index (χ0v) is 17.2. The highest BCUT2D eigenvalue weighted by Crippen LogP contribution is 2.25. The van der Waals surface area contributed by atoms with Crippen molar-refractivity contribution in [3.8, 4) is 5.75 Å². The number of piperazine rings is 1. The van der Waals surface area contributed by atoms with Crippen molar-refractivity contribution < 1.29 is 14.3 Å². The third-order valence-corrected chi connectivity index (χ3v) is 5.48. The number of fused-ring (bicyclic) bond motifs is 1. The lowest BCUT2D eigenvalue weighted by molar-refractivity contribution is -0.142. The number of pyridine rings is 1. The van der Waals surface area contributed by atoms with Crippen molar-refractivity contribution in [3.63, 3.8) is 0 Å². The molecule has 1 aromatic heterocycles. The Kier molecular flexibility index (Phi) is 5.65. The normalized spacial score (nSPS) is 17.6. The molecule has 6 heteroatoms. The molecule has 2 amide bonds. The van der Waals surface area contributed by atoms with E-state index in [1.165, 1.54) is 0 Å². The van der Waals surface area contributed by atoms with Crippen LogP contribution >= 0.6 is 0 Å². The van der Waals surface area contributed by atoms with Gasteiger partial charge < -0.3 is 14.5 Å². The average Bonchev–Trinajstić information content (AvgIpc) is 2.79. The molecule has 154 valence electrons. The molecule has 2 heterocycles. The van der Waals surface area contributed by atoms with Crippen molar-refractivity contribution in [1.82, 2.24) is 14.8 Å². The van der Waals surface area contributed by atoms with Crippen LogP contribution in [0.1, 0.15) is 24.2 Å². The van der Waals surface area contributed by atoms with E-state index < -0.39 is 6.10 Å². The molecule has 0 spiro atoms. The molecular formula is C24H25N3O3. The number of nitrogens with zero attached hydrogens (tertiary/aromatic N) is 3. The summed E-state index contributed by atoms with van der Waals surface area (Å²) >= 11 is 0. The van der Waals surface area contributed by atoms with Crippen LogP contribution in [0.3, 0.4) is 0 Å². The van der Waals surface area contributed by atoms with E-state index in [0.29, 0.717) is 30.9 Å². The Balaban J connectivity index is 1.42. The number of carbonyl (C=O) groups is 2. The van der Waals surface area contributed by atoms with Gasteiger partial charge in [-0.25, -0.2) is 0 Å². The van der Waals surface area contributed by atoms with Gasteiger partial charge in [0, 0.05) is 42.8 Å². The molecule has 1 aliphatic heterocycles. The van der Waals surface area contributed by atoms with Gasteiger partial charge in [0.15, 0.2) is 6.10 Å². The second-order valence-corrected chi connectivity index (χ2v) is 7.58. The molecule has 30 heavy (non-hydrogen) atoms. The Morgan fingerprint density at radius 3 is 2.60 bits per heavy atom. The zero-order valence-electron chi connectivity index (χ0n) is 17.2. The minimum atomic E-state index is -0.630. The van der Waals surface area contributed by atoms with E-state index >= 15 is 0 Å². The van der Waals surface area contributed by atoms with Crippen LogP contribution in [0.5, 0.6) is 5.75 Å². The molecule has 0 radical (unpaired) electrons. The van der Waals surface area contributed by atoms with Gasteiger partial charge in [0.05, 0.1) is 5.52 Å². The third-order valence-electron chi connectivity index (χ3n) is 5.48. The first-order chi connectivity index (χ1) is 14.5. The maximum absolute atomic E-state index is 13.1. The molecule has 1 fully saturated rings. The fourth-order valence-electron chi connectivity index (χ4n) is 3.89. The van der Waals surface area contributed by atoms with E-state index in [2.05, 4.69) is 4.98 Å². The van der Waals surface area contributed by atoms with Crippen LogP contribution in [0.25, 0.3) is 10.9 Å². The summed E-state index contributed by atoms with van der Waals surface area (Å²) < 4.78 is 6.02. The highest BCUT2D eigenvalue weighted by Gasteiger charge is 2.33. The fraction of sp³-hybridized carbons (Fsp3) is 0.292. The van der Waals surface area contributed by atoms with Crippen molar-refractivity contribution in [1.29, 1.82) is 0 Å². The SMILES string of the molecule is C[C@@H]1CN(C(=O)c2ccccc2)CCN1C(=O)[C@@H](C)Oc1cccc2ncccc12. The van der Waals surface area contributed by atoms with Crippen molar-refractivity contribution in [3.05, 3.63) is 72.4 Å². The van der Waals surface area contributed by atoms with Gasteiger partial charge >= 0.3 is 0 Å². The molecule has 0 saturated carbocycles.